The molecule has 7 nitrogen and oxygen atoms in total. The molecule has 0 amide bonds. The molecule has 132 valence electrons. The van der Waals surface area contributed by atoms with Crippen LogP contribution in [0.2, 0.25) is 0 Å². The fourth-order valence-corrected chi connectivity index (χ4v) is 3.16. The van der Waals surface area contributed by atoms with Crippen LogP contribution in [0.4, 0.5) is 17.2 Å². The lowest BCUT2D eigenvalue weighted by molar-refractivity contribution is -0.385. The van der Waals surface area contributed by atoms with Crippen LogP contribution in [0.3, 0.4) is 0 Å². The van der Waals surface area contributed by atoms with Gasteiger partial charge in [-0.3, -0.25) is 10.1 Å². The van der Waals surface area contributed by atoms with Crippen molar-refractivity contribution >= 4 is 33.1 Å². The van der Waals surface area contributed by atoms with Crippen molar-refractivity contribution in [3.63, 3.8) is 0 Å². The van der Waals surface area contributed by atoms with Gasteiger partial charge in [-0.2, -0.15) is 0 Å². The van der Waals surface area contributed by atoms with Crippen LogP contribution in [-0.2, 0) is 11.3 Å². The second-order valence-electron chi connectivity index (χ2n) is 5.84. The van der Waals surface area contributed by atoms with Gasteiger partial charge in [-0.15, -0.1) is 0 Å². The van der Waals surface area contributed by atoms with Gasteiger partial charge in [-0.25, -0.2) is 4.98 Å². The number of morpholine rings is 1. The van der Waals surface area contributed by atoms with E-state index in [0.29, 0.717) is 12.4 Å². The van der Waals surface area contributed by atoms with Crippen molar-refractivity contribution in [3.8, 4) is 0 Å². The summed E-state index contributed by atoms with van der Waals surface area (Å²) in [6.45, 7) is 5.57. The van der Waals surface area contributed by atoms with Crippen molar-refractivity contribution in [1.82, 2.24) is 4.98 Å². The van der Waals surface area contributed by atoms with E-state index in [4.69, 9.17) is 4.74 Å². The summed E-state index contributed by atoms with van der Waals surface area (Å²) in [4.78, 5) is 16.9. The van der Waals surface area contributed by atoms with Crippen LogP contribution in [0, 0.1) is 17.0 Å². The average molecular weight is 407 g/mol. The molecule has 0 spiro atoms. The van der Waals surface area contributed by atoms with E-state index in [1.54, 1.807) is 0 Å². The number of halogens is 1. The Hall–Kier alpha value is -2.19. The number of hydrogen-bond acceptors (Lipinski definition) is 6. The Bertz CT molecular complexity index is 778. The zero-order valence-corrected chi connectivity index (χ0v) is 15.5. The van der Waals surface area contributed by atoms with Gasteiger partial charge in [-0.1, -0.05) is 22.0 Å². The number of benzene rings is 1. The van der Waals surface area contributed by atoms with Crippen molar-refractivity contribution in [3.05, 3.63) is 56.2 Å². The smallest absolute Gasteiger partial charge is 0.287 e. The first-order valence-electron chi connectivity index (χ1n) is 8.00. The average Bonchev–Trinajstić information content (AvgIpc) is 2.62. The van der Waals surface area contributed by atoms with E-state index < -0.39 is 4.92 Å². The molecule has 0 atom stereocenters. The summed E-state index contributed by atoms with van der Waals surface area (Å²) in [6.07, 6.45) is 1.28. The number of aryl methyl sites for hydroxylation is 1. The van der Waals surface area contributed by atoms with E-state index >= 15 is 0 Å². The van der Waals surface area contributed by atoms with Crippen molar-refractivity contribution < 1.29 is 9.66 Å². The second-order valence-corrected chi connectivity index (χ2v) is 6.76. The number of aromatic nitrogens is 1. The Morgan fingerprint density at radius 1 is 1.36 bits per heavy atom. The number of anilines is 2. The van der Waals surface area contributed by atoms with Gasteiger partial charge in [0.15, 0.2) is 0 Å². The number of rotatable bonds is 5. The highest BCUT2D eigenvalue weighted by Crippen LogP contribution is 2.27. The van der Waals surface area contributed by atoms with Crippen molar-refractivity contribution in [2.45, 2.75) is 13.5 Å². The third-order valence-electron chi connectivity index (χ3n) is 4.12. The molecule has 2 heterocycles. The number of pyridine rings is 1. The van der Waals surface area contributed by atoms with Gasteiger partial charge in [0.2, 0.25) is 0 Å². The molecule has 0 bridgehead atoms. The van der Waals surface area contributed by atoms with Crippen LogP contribution in [-0.4, -0.2) is 36.2 Å². The molecule has 1 N–H and O–H groups in total. The van der Waals surface area contributed by atoms with Crippen molar-refractivity contribution in [1.29, 1.82) is 0 Å². The van der Waals surface area contributed by atoms with Gasteiger partial charge in [0.05, 0.1) is 18.1 Å². The van der Waals surface area contributed by atoms with Crippen LogP contribution in [0.5, 0.6) is 0 Å². The summed E-state index contributed by atoms with van der Waals surface area (Å²) < 4.78 is 6.46. The largest absolute Gasteiger partial charge is 0.378 e. The first-order chi connectivity index (χ1) is 12.0. The van der Waals surface area contributed by atoms with Crippen molar-refractivity contribution in [2.24, 2.45) is 0 Å². The standard InChI is InChI=1S/C17H19BrN4O3/c1-12-8-15(22(23)24)11-20-17(12)19-10-13-2-3-14(18)9-16(13)21-4-6-25-7-5-21/h2-3,8-9,11H,4-7,10H2,1H3,(H,19,20). The molecular formula is C17H19BrN4O3. The zero-order chi connectivity index (χ0) is 17.8. The molecule has 1 aliphatic rings. The molecule has 25 heavy (non-hydrogen) atoms. The molecule has 1 aromatic heterocycles. The minimum Gasteiger partial charge on any atom is -0.378 e. The van der Waals surface area contributed by atoms with Crippen LogP contribution in [0.15, 0.2) is 34.9 Å². The maximum atomic E-state index is 10.8. The SMILES string of the molecule is Cc1cc([N+](=O)[O-])cnc1NCc1ccc(Br)cc1N1CCOCC1. The fraction of sp³-hybridized carbons (Fsp3) is 0.353. The summed E-state index contributed by atoms with van der Waals surface area (Å²) in [6, 6.07) is 7.72. The minimum absolute atomic E-state index is 0.000646. The molecule has 0 unspecified atom stereocenters. The predicted octanol–water partition coefficient (Wildman–Crippen LogP) is 3.51. The maximum absolute atomic E-state index is 10.8. The van der Waals surface area contributed by atoms with Crippen LogP contribution >= 0.6 is 15.9 Å². The lowest BCUT2D eigenvalue weighted by atomic mass is 10.1. The Morgan fingerprint density at radius 2 is 2.12 bits per heavy atom. The molecule has 1 fully saturated rings. The highest BCUT2D eigenvalue weighted by Gasteiger charge is 2.16. The Morgan fingerprint density at radius 3 is 2.80 bits per heavy atom. The van der Waals surface area contributed by atoms with Gasteiger partial charge >= 0.3 is 0 Å². The second kappa shape index (κ2) is 7.79. The lowest BCUT2D eigenvalue weighted by Gasteiger charge is -2.31. The molecule has 0 aliphatic carbocycles. The van der Waals surface area contributed by atoms with E-state index in [9.17, 15) is 10.1 Å². The van der Waals surface area contributed by atoms with E-state index in [1.807, 2.05) is 13.0 Å². The summed E-state index contributed by atoms with van der Waals surface area (Å²) >= 11 is 3.54. The normalized spacial score (nSPS) is 14.4. The quantitative estimate of drug-likeness (QED) is 0.604. The monoisotopic (exact) mass is 406 g/mol. The summed E-state index contributed by atoms with van der Waals surface area (Å²) in [5, 5.41) is 14.1. The molecule has 2 aromatic rings. The van der Waals surface area contributed by atoms with E-state index in [0.717, 1.165) is 47.6 Å². The van der Waals surface area contributed by atoms with Crippen LogP contribution < -0.4 is 10.2 Å². The van der Waals surface area contributed by atoms with Gasteiger partial charge in [-0.05, 0) is 30.2 Å². The van der Waals surface area contributed by atoms with E-state index in [1.165, 1.54) is 12.3 Å². The Kier molecular flexibility index (Phi) is 5.50. The predicted molar refractivity (Wildman–Crippen MR) is 100 cm³/mol. The summed E-state index contributed by atoms with van der Waals surface area (Å²) in [5.41, 5.74) is 3.05. The third-order valence-corrected chi connectivity index (χ3v) is 4.61. The number of ether oxygens (including phenoxy) is 1. The van der Waals surface area contributed by atoms with E-state index in [2.05, 4.69) is 43.3 Å². The highest BCUT2D eigenvalue weighted by atomic mass is 79.9. The topological polar surface area (TPSA) is 80.5 Å². The number of nitrogens with one attached hydrogen (secondary N) is 1. The summed E-state index contributed by atoms with van der Waals surface area (Å²) in [5.74, 6) is 0.654. The molecular weight excluding hydrogens is 388 g/mol. The van der Waals surface area contributed by atoms with Gasteiger partial charge in [0.1, 0.15) is 12.0 Å². The van der Waals surface area contributed by atoms with Crippen LogP contribution in [0.1, 0.15) is 11.1 Å². The first-order valence-corrected chi connectivity index (χ1v) is 8.80. The number of nitro groups is 1. The van der Waals surface area contributed by atoms with E-state index in [-0.39, 0.29) is 5.69 Å². The highest BCUT2D eigenvalue weighted by molar-refractivity contribution is 9.10. The van der Waals surface area contributed by atoms with Gasteiger partial charge < -0.3 is 15.0 Å². The first kappa shape index (κ1) is 17.6. The Balaban J connectivity index is 1.78. The molecule has 8 heteroatoms. The van der Waals surface area contributed by atoms with Gasteiger partial charge in [0, 0.05) is 35.9 Å². The third kappa shape index (κ3) is 4.26. The Labute approximate surface area is 154 Å². The molecule has 3 rings (SSSR count). The number of hydrogen-bond donors (Lipinski definition) is 1. The maximum Gasteiger partial charge on any atom is 0.287 e. The lowest BCUT2D eigenvalue weighted by Crippen LogP contribution is -2.36. The summed E-state index contributed by atoms with van der Waals surface area (Å²) in [7, 11) is 0. The minimum atomic E-state index is -0.435. The van der Waals surface area contributed by atoms with Gasteiger partial charge in [0.25, 0.3) is 5.69 Å². The zero-order valence-electron chi connectivity index (χ0n) is 13.9. The fourth-order valence-electron chi connectivity index (χ4n) is 2.81. The van der Waals surface area contributed by atoms with Crippen molar-refractivity contribution in [2.75, 3.05) is 36.5 Å². The molecule has 0 radical (unpaired) electrons. The molecule has 1 aliphatic heterocycles. The molecule has 1 aromatic carbocycles. The van der Waals surface area contributed by atoms with Crippen LogP contribution in [0.25, 0.3) is 0 Å². The molecule has 0 saturated carbocycles. The number of nitrogens with zero attached hydrogens (tertiary/aromatic N) is 3. The molecule has 1 saturated heterocycles.